The standard InChI is InChI=1S/C17H17N5O2S/c1-10-11(2)25-17(20-10)19-9-13(8-18)16(24)22-15-6-4-14(5-7-15)21-12(3)23/h4-7,9H,1-3H3,(H,19,20)(H,21,23)(H,22,24)/b13-9-. The van der Waals surface area contributed by atoms with Crippen LogP contribution < -0.4 is 16.0 Å². The van der Waals surface area contributed by atoms with Crippen molar-refractivity contribution in [2.75, 3.05) is 16.0 Å². The highest BCUT2D eigenvalue weighted by atomic mass is 32.1. The third kappa shape index (κ3) is 5.16. The van der Waals surface area contributed by atoms with Crippen molar-refractivity contribution in [3.63, 3.8) is 0 Å². The van der Waals surface area contributed by atoms with Crippen LogP contribution in [-0.2, 0) is 9.59 Å². The summed E-state index contributed by atoms with van der Waals surface area (Å²) in [4.78, 5) is 28.5. The second-order valence-electron chi connectivity index (χ2n) is 5.19. The van der Waals surface area contributed by atoms with Gasteiger partial charge >= 0.3 is 0 Å². The first-order valence-electron chi connectivity index (χ1n) is 7.39. The highest BCUT2D eigenvalue weighted by Gasteiger charge is 2.10. The van der Waals surface area contributed by atoms with Gasteiger partial charge in [-0.3, -0.25) is 9.59 Å². The molecule has 2 rings (SSSR count). The van der Waals surface area contributed by atoms with E-state index in [1.165, 1.54) is 24.5 Å². The molecule has 0 aliphatic rings. The smallest absolute Gasteiger partial charge is 0.267 e. The highest BCUT2D eigenvalue weighted by Crippen LogP contribution is 2.21. The molecule has 1 aromatic heterocycles. The molecule has 1 aromatic carbocycles. The van der Waals surface area contributed by atoms with Crippen LogP contribution in [0.2, 0.25) is 0 Å². The number of nitrogens with zero attached hydrogens (tertiary/aromatic N) is 2. The molecule has 0 unspecified atom stereocenters. The molecular weight excluding hydrogens is 338 g/mol. The highest BCUT2D eigenvalue weighted by molar-refractivity contribution is 7.15. The van der Waals surface area contributed by atoms with Crippen LogP contribution >= 0.6 is 11.3 Å². The summed E-state index contributed by atoms with van der Waals surface area (Å²) in [6.45, 7) is 5.26. The monoisotopic (exact) mass is 355 g/mol. The molecule has 0 saturated heterocycles. The Hall–Kier alpha value is -3.18. The lowest BCUT2D eigenvalue weighted by molar-refractivity contribution is -0.114. The maximum atomic E-state index is 12.2. The van der Waals surface area contributed by atoms with Gasteiger partial charge < -0.3 is 16.0 Å². The number of carbonyl (C=O) groups is 2. The van der Waals surface area contributed by atoms with Gasteiger partial charge in [-0.2, -0.15) is 5.26 Å². The lowest BCUT2D eigenvalue weighted by Gasteiger charge is -2.06. The van der Waals surface area contributed by atoms with E-state index >= 15 is 0 Å². The quantitative estimate of drug-likeness (QED) is 0.564. The molecule has 0 saturated carbocycles. The van der Waals surface area contributed by atoms with Crippen LogP contribution in [-0.4, -0.2) is 16.8 Å². The molecule has 3 N–H and O–H groups in total. The van der Waals surface area contributed by atoms with E-state index < -0.39 is 5.91 Å². The molecule has 0 atom stereocenters. The summed E-state index contributed by atoms with van der Waals surface area (Å²) in [6, 6.07) is 8.45. The van der Waals surface area contributed by atoms with Gasteiger partial charge in [0.2, 0.25) is 5.91 Å². The Morgan fingerprint density at radius 3 is 2.24 bits per heavy atom. The molecule has 0 spiro atoms. The molecule has 0 aliphatic heterocycles. The minimum Gasteiger partial charge on any atom is -0.337 e. The van der Waals surface area contributed by atoms with E-state index in [9.17, 15) is 14.9 Å². The van der Waals surface area contributed by atoms with E-state index in [2.05, 4.69) is 20.9 Å². The van der Waals surface area contributed by atoms with Crippen molar-refractivity contribution in [3.05, 3.63) is 46.6 Å². The van der Waals surface area contributed by atoms with E-state index in [0.29, 0.717) is 16.5 Å². The number of amides is 2. The van der Waals surface area contributed by atoms with Crippen molar-refractivity contribution < 1.29 is 9.59 Å². The van der Waals surface area contributed by atoms with Gasteiger partial charge in [0.15, 0.2) is 5.13 Å². The lowest BCUT2D eigenvalue weighted by Crippen LogP contribution is -2.14. The van der Waals surface area contributed by atoms with Crippen LogP contribution in [0, 0.1) is 25.2 Å². The lowest BCUT2D eigenvalue weighted by atomic mass is 10.2. The van der Waals surface area contributed by atoms with Crippen LogP contribution in [0.4, 0.5) is 16.5 Å². The van der Waals surface area contributed by atoms with Gasteiger partial charge in [0.1, 0.15) is 11.6 Å². The zero-order valence-electron chi connectivity index (χ0n) is 14.0. The van der Waals surface area contributed by atoms with Crippen molar-refractivity contribution >= 4 is 39.7 Å². The molecule has 25 heavy (non-hydrogen) atoms. The Bertz CT molecular complexity index is 843. The summed E-state index contributed by atoms with van der Waals surface area (Å²) in [5.41, 5.74) is 1.97. The molecule has 0 bridgehead atoms. The van der Waals surface area contributed by atoms with Crippen LogP contribution in [0.1, 0.15) is 17.5 Å². The van der Waals surface area contributed by atoms with E-state index in [1.54, 1.807) is 24.3 Å². The van der Waals surface area contributed by atoms with Gasteiger partial charge in [-0.25, -0.2) is 4.98 Å². The van der Waals surface area contributed by atoms with Gasteiger partial charge in [0.05, 0.1) is 5.69 Å². The second-order valence-corrected chi connectivity index (χ2v) is 6.39. The van der Waals surface area contributed by atoms with Gasteiger partial charge in [-0.05, 0) is 38.1 Å². The van der Waals surface area contributed by atoms with Crippen molar-refractivity contribution in [1.29, 1.82) is 5.26 Å². The van der Waals surface area contributed by atoms with E-state index in [4.69, 9.17) is 0 Å². The Labute approximate surface area is 149 Å². The summed E-state index contributed by atoms with van der Waals surface area (Å²) >= 11 is 1.45. The van der Waals surface area contributed by atoms with E-state index in [-0.39, 0.29) is 11.5 Å². The van der Waals surface area contributed by atoms with Crippen LogP contribution in [0.5, 0.6) is 0 Å². The maximum absolute atomic E-state index is 12.2. The fourth-order valence-electron chi connectivity index (χ4n) is 1.86. The third-order valence-electron chi connectivity index (χ3n) is 3.20. The number of thiazole rings is 1. The second kappa shape index (κ2) is 8.08. The average molecular weight is 355 g/mol. The molecule has 0 aliphatic carbocycles. The summed E-state index contributed by atoms with van der Waals surface area (Å²) < 4.78 is 0. The van der Waals surface area contributed by atoms with Crippen LogP contribution in [0.15, 0.2) is 36.0 Å². The first-order valence-corrected chi connectivity index (χ1v) is 8.20. The SMILES string of the molecule is CC(=O)Nc1ccc(NC(=O)/C(C#N)=C\Nc2nc(C)c(C)s2)cc1. The molecule has 2 amide bonds. The minimum atomic E-state index is -0.535. The molecular formula is C17H17N5O2S. The molecule has 0 radical (unpaired) electrons. The van der Waals surface area contributed by atoms with Crippen LogP contribution in [0.3, 0.4) is 0 Å². The molecule has 7 nitrogen and oxygen atoms in total. The maximum Gasteiger partial charge on any atom is 0.267 e. The summed E-state index contributed by atoms with van der Waals surface area (Å²) in [5, 5.41) is 17.9. The summed E-state index contributed by atoms with van der Waals surface area (Å²) in [7, 11) is 0. The number of nitrogens with one attached hydrogen (secondary N) is 3. The normalized spacial score (nSPS) is 10.7. The number of hydrogen-bond donors (Lipinski definition) is 3. The zero-order valence-corrected chi connectivity index (χ0v) is 14.8. The molecule has 8 heteroatoms. The van der Waals surface area contributed by atoms with Crippen molar-refractivity contribution in [2.24, 2.45) is 0 Å². The van der Waals surface area contributed by atoms with E-state index in [0.717, 1.165) is 10.6 Å². The van der Waals surface area contributed by atoms with Gasteiger partial charge in [0.25, 0.3) is 5.91 Å². The molecule has 128 valence electrons. The van der Waals surface area contributed by atoms with Crippen LogP contribution in [0.25, 0.3) is 0 Å². The summed E-state index contributed by atoms with van der Waals surface area (Å²) in [6.07, 6.45) is 1.33. The number of carbonyl (C=O) groups excluding carboxylic acids is 2. The Morgan fingerprint density at radius 1 is 1.16 bits per heavy atom. The number of anilines is 3. The summed E-state index contributed by atoms with van der Waals surface area (Å²) in [5.74, 6) is -0.711. The first kappa shape index (κ1) is 18.2. The Balaban J connectivity index is 2.03. The predicted molar refractivity (Wildman–Crippen MR) is 98.3 cm³/mol. The third-order valence-corrected chi connectivity index (χ3v) is 4.20. The van der Waals surface area contributed by atoms with Gasteiger partial charge in [0, 0.05) is 29.4 Å². The van der Waals surface area contributed by atoms with Gasteiger partial charge in [-0.1, -0.05) is 0 Å². The Kier molecular flexibility index (Phi) is 5.87. The predicted octanol–water partition coefficient (Wildman–Crippen LogP) is 3.18. The number of hydrogen-bond acceptors (Lipinski definition) is 6. The fraction of sp³-hybridized carbons (Fsp3) is 0.176. The number of nitriles is 1. The first-order chi connectivity index (χ1) is 11.9. The molecule has 1 heterocycles. The topological polar surface area (TPSA) is 107 Å². The molecule has 0 fully saturated rings. The number of aryl methyl sites for hydroxylation is 2. The average Bonchev–Trinajstić information content (AvgIpc) is 2.87. The number of rotatable bonds is 5. The van der Waals surface area contributed by atoms with E-state index in [1.807, 2.05) is 19.9 Å². The number of aromatic nitrogens is 1. The molecule has 2 aromatic rings. The fourth-order valence-corrected chi connectivity index (χ4v) is 2.64. The van der Waals surface area contributed by atoms with Gasteiger partial charge in [-0.15, -0.1) is 11.3 Å². The van der Waals surface area contributed by atoms with Crippen molar-refractivity contribution in [2.45, 2.75) is 20.8 Å². The van der Waals surface area contributed by atoms with Crippen molar-refractivity contribution in [1.82, 2.24) is 4.98 Å². The van der Waals surface area contributed by atoms with Crippen molar-refractivity contribution in [3.8, 4) is 6.07 Å². The minimum absolute atomic E-state index is 0.0727. The number of benzene rings is 1. The Morgan fingerprint density at radius 2 is 1.76 bits per heavy atom. The largest absolute Gasteiger partial charge is 0.337 e. The zero-order chi connectivity index (χ0) is 18.4.